The van der Waals surface area contributed by atoms with Crippen LogP contribution in [0.2, 0.25) is 0 Å². The second kappa shape index (κ2) is 14.3. The van der Waals surface area contributed by atoms with Crippen LogP contribution in [0.1, 0.15) is 46.1 Å². The zero-order valence-electron chi connectivity index (χ0n) is 17.5. The molecule has 0 aliphatic carbocycles. The first-order valence-electron chi connectivity index (χ1n) is 9.33. The van der Waals surface area contributed by atoms with E-state index >= 15 is 0 Å². The van der Waals surface area contributed by atoms with Gasteiger partial charge in [0.05, 0.1) is 6.61 Å². The molecule has 1 heterocycles. The Kier molecular flexibility index (Phi) is 13.3. The molecule has 28 heavy (non-hydrogen) atoms. The summed E-state index contributed by atoms with van der Waals surface area (Å²) in [6.07, 6.45) is 3.10. The van der Waals surface area contributed by atoms with Crippen molar-refractivity contribution in [1.82, 2.24) is 20.9 Å². The minimum absolute atomic E-state index is 0. The number of hydrogen-bond acceptors (Lipinski definition) is 5. The number of guanidine groups is 1. The van der Waals surface area contributed by atoms with Gasteiger partial charge in [-0.1, -0.05) is 13.0 Å². The molecule has 160 valence electrons. The maximum atomic E-state index is 11.5. The minimum Gasteiger partial charge on any atom is -0.478 e. The van der Waals surface area contributed by atoms with Gasteiger partial charge in [0.15, 0.2) is 5.96 Å². The summed E-state index contributed by atoms with van der Waals surface area (Å²) in [5.74, 6) is 1.33. The third-order valence-electron chi connectivity index (χ3n) is 3.25. The number of rotatable bonds is 9. The fourth-order valence-corrected chi connectivity index (χ4v) is 2.01. The summed E-state index contributed by atoms with van der Waals surface area (Å²) >= 11 is 0. The molecule has 3 N–H and O–H groups in total. The Balaban J connectivity index is 0.00000729. The fourth-order valence-electron chi connectivity index (χ4n) is 2.01. The number of halogens is 1. The molecular weight excluding hydrogens is 473 g/mol. The molecule has 0 aliphatic heterocycles. The predicted molar refractivity (Wildman–Crippen MR) is 122 cm³/mol. The highest BCUT2D eigenvalue weighted by Crippen LogP contribution is 2.08. The highest BCUT2D eigenvalue weighted by molar-refractivity contribution is 14.0. The largest absolute Gasteiger partial charge is 0.478 e. The summed E-state index contributed by atoms with van der Waals surface area (Å²) in [7, 11) is 1.72. The van der Waals surface area contributed by atoms with E-state index in [0.717, 1.165) is 18.4 Å². The molecule has 0 aromatic carbocycles. The molecule has 0 atom stereocenters. The zero-order valence-corrected chi connectivity index (χ0v) is 19.8. The number of alkyl carbamates (subject to hydrolysis) is 1. The van der Waals surface area contributed by atoms with Crippen molar-refractivity contribution >= 4 is 36.0 Å². The minimum atomic E-state index is -0.483. The summed E-state index contributed by atoms with van der Waals surface area (Å²) in [4.78, 5) is 20.0. The Morgan fingerprint density at radius 1 is 1.18 bits per heavy atom. The van der Waals surface area contributed by atoms with Gasteiger partial charge >= 0.3 is 6.09 Å². The number of pyridine rings is 1. The highest BCUT2D eigenvalue weighted by Gasteiger charge is 2.15. The lowest BCUT2D eigenvalue weighted by Gasteiger charge is -2.19. The SMILES string of the molecule is CCCOc1ccc(CNC(=NC)NCCCNC(=O)OC(C)(C)C)cn1.I. The van der Waals surface area contributed by atoms with Crippen molar-refractivity contribution < 1.29 is 14.3 Å². The molecule has 8 nitrogen and oxygen atoms in total. The number of carbonyl (C=O) groups excluding carboxylic acids is 1. The van der Waals surface area contributed by atoms with E-state index in [-0.39, 0.29) is 24.0 Å². The van der Waals surface area contributed by atoms with Crippen molar-refractivity contribution in [3.05, 3.63) is 23.9 Å². The topological polar surface area (TPSA) is 96.9 Å². The van der Waals surface area contributed by atoms with E-state index in [9.17, 15) is 4.79 Å². The van der Waals surface area contributed by atoms with E-state index in [1.165, 1.54) is 0 Å². The highest BCUT2D eigenvalue weighted by atomic mass is 127. The van der Waals surface area contributed by atoms with Gasteiger partial charge in [0, 0.05) is 38.9 Å². The zero-order chi connectivity index (χ0) is 20.1. The molecule has 9 heteroatoms. The Bertz CT molecular complexity index is 588. The Hall–Kier alpha value is -1.78. The van der Waals surface area contributed by atoms with Gasteiger partial charge in [-0.2, -0.15) is 0 Å². The maximum Gasteiger partial charge on any atom is 0.407 e. The van der Waals surface area contributed by atoms with Crippen LogP contribution in [0.3, 0.4) is 0 Å². The Morgan fingerprint density at radius 2 is 1.89 bits per heavy atom. The molecule has 1 aromatic heterocycles. The van der Waals surface area contributed by atoms with E-state index in [0.29, 0.717) is 38.1 Å². The molecule has 0 spiro atoms. The number of hydrogen-bond donors (Lipinski definition) is 3. The van der Waals surface area contributed by atoms with Crippen LogP contribution in [0.25, 0.3) is 0 Å². The van der Waals surface area contributed by atoms with E-state index in [1.807, 2.05) is 32.9 Å². The van der Waals surface area contributed by atoms with E-state index in [1.54, 1.807) is 13.2 Å². The molecule has 0 unspecified atom stereocenters. The van der Waals surface area contributed by atoms with Crippen LogP contribution in [0.4, 0.5) is 4.79 Å². The van der Waals surface area contributed by atoms with Crippen LogP contribution in [-0.2, 0) is 11.3 Å². The quantitative estimate of drug-likeness (QED) is 0.206. The lowest BCUT2D eigenvalue weighted by molar-refractivity contribution is 0.0527. The van der Waals surface area contributed by atoms with Crippen LogP contribution in [-0.4, -0.2) is 49.4 Å². The molecule has 0 bridgehead atoms. The molecule has 0 fully saturated rings. The molecule has 0 saturated carbocycles. The van der Waals surface area contributed by atoms with Crippen LogP contribution in [0.15, 0.2) is 23.3 Å². The van der Waals surface area contributed by atoms with Gasteiger partial charge < -0.3 is 25.4 Å². The molecule has 0 saturated heterocycles. The van der Waals surface area contributed by atoms with Crippen LogP contribution in [0.5, 0.6) is 5.88 Å². The summed E-state index contributed by atoms with van der Waals surface area (Å²) in [6, 6.07) is 3.84. The summed E-state index contributed by atoms with van der Waals surface area (Å²) in [6.45, 7) is 10.1. The summed E-state index contributed by atoms with van der Waals surface area (Å²) < 4.78 is 10.7. The number of ether oxygens (including phenoxy) is 2. The normalized spacial score (nSPS) is 11.2. The average Bonchev–Trinajstić information content (AvgIpc) is 2.61. The number of nitrogens with zero attached hydrogens (tertiary/aromatic N) is 2. The lowest BCUT2D eigenvalue weighted by Crippen LogP contribution is -2.39. The number of carbonyl (C=O) groups is 1. The van der Waals surface area contributed by atoms with E-state index < -0.39 is 11.7 Å². The molecule has 1 amide bonds. The first-order valence-corrected chi connectivity index (χ1v) is 9.33. The van der Waals surface area contributed by atoms with Gasteiger partial charge in [-0.3, -0.25) is 4.99 Å². The Morgan fingerprint density at radius 3 is 2.46 bits per heavy atom. The lowest BCUT2D eigenvalue weighted by atomic mass is 10.2. The number of aliphatic imine (C=N–C) groups is 1. The predicted octanol–water partition coefficient (Wildman–Crippen LogP) is 3.07. The number of nitrogens with one attached hydrogen (secondary N) is 3. The summed E-state index contributed by atoms with van der Waals surface area (Å²) in [5.41, 5.74) is 0.553. The second-order valence-electron chi connectivity index (χ2n) is 6.99. The standard InChI is InChI=1S/C19H33N5O3.HI/c1-6-12-26-16-9-8-15(13-23-16)14-24-17(20-5)21-10-7-11-22-18(25)27-19(2,3)4;/h8-9,13H,6-7,10-12,14H2,1-5H3,(H,22,25)(H2,20,21,24);1H. The number of aromatic nitrogens is 1. The molecule has 0 aliphatic rings. The number of amides is 1. The van der Waals surface area contributed by atoms with Crippen molar-refractivity contribution in [2.45, 2.75) is 52.7 Å². The third-order valence-corrected chi connectivity index (χ3v) is 3.25. The molecular formula is C19H34IN5O3. The van der Waals surface area contributed by atoms with Gasteiger partial charge in [-0.05, 0) is 39.2 Å². The monoisotopic (exact) mass is 507 g/mol. The van der Waals surface area contributed by atoms with Crippen molar-refractivity contribution in [2.24, 2.45) is 4.99 Å². The van der Waals surface area contributed by atoms with Crippen LogP contribution in [0, 0.1) is 0 Å². The second-order valence-corrected chi connectivity index (χ2v) is 6.99. The first-order chi connectivity index (χ1) is 12.8. The molecule has 1 aromatic rings. The van der Waals surface area contributed by atoms with Gasteiger partial charge in [-0.25, -0.2) is 9.78 Å². The maximum absolute atomic E-state index is 11.5. The molecule has 0 radical (unpaired) electrons. The van der Waals surface area contributed by atoms with E-state index in [2.05, 4.69) is 32.9 Å². The summed E-state index contributed by atoms with van der Waals surface area (Å²) in [5, 5.41) is 9.15. The Labute approximate surface area is 185 Å². The van der Waals surface area contributed by atoms with Crippen LogP contribution >= 0.6 is 24.0 Å². The van der Waals surface area contributed by atoms with Crippen molar-refractivity contribution in [3.63, 3.8) is 0 Å². The third kappa shape index (κ3) is 12.6. The van der Waals surface area contributed by atoms with Gasteiger partial charge in [-0.15, -0.1) is 24.0 Å². The van der Waals surface area contributed by atoms with Crippen molar-refractivity contribution in [1.29, 1.82) is 0 Å². The van der Waals surface area contributed by atoms with Gasteiger partial charge in [0.25, 0.3) is 0 Å². The average molecular weight is 507 g/mol. The fraction of sp³-hybridized carbons (Fsp3) is 0.632. The van der Waals surface area contributed by atoms with Crippen molar-refractivity contribution in [3.8, 4) is 5.88 Å². The van der Waals surface area contributed by atoms with Gasteiger partial charge in [0.1, 0.15) is 5.60 Å². The smallest absolute Gasteiger partial charge is 0.407 e. The van der Waals surface area contributed by atoms with E-state index in [4.69, 9.17) is 9.47 Å². The van der Waals surface area contributed by atoms with Crippen LogP contribution < -0.4 is 20.7 Å². The van der Waals surface area contributed by atoms with Crippen molar-refractivity contribution in [2.75, 3.05) is 26.7 Å². The van der Waals surface area contributed by atoms with Gasteiger partial charge in [0.2, 0.25) is 5.88 Å². The molecule has 1 rings (SSSR count). The first kappa shape index (κ1) is 26.2.